The number of rotatable bonds is 7. The lowest BCUT2D eigenvalue weighted by atomic mass is 9.78. The first-order chi connectivity index (χ1) is 13.7. The van der Waals surface area contributed by atoms with Gasteiger partial charge in [-0.15, -0.1) is 0 Å². The molecule has 6 nitrogen and oxygen atoms in total. The van der Waals surface area contributed by atoms with Crippen molar-refractivity contribution in [1.82, 2.24) is 4.72 Å². The van der Waals surface area contributed by atoms with E-state index in [1.54, 1.807) is 0 Å². The van der Waals surface area contributed by atoms with Crippen LogP contribution in [0.1, 0.15) is 37.7 Å². The molecule has 0 spiro atoms. The van der Waals surface area contributed by atoms with E-state index in [-0.39, 0.29) is 16.9 Å². The minimum atomic E-state index is -4.65. The van der Waals surface area contributed by atoms with Gasteiger partial charge in [0.05, 0.1) is 12.2 Å². The van der Waals surface area contributed by atoms with Crippen molar-refractivity contribution in [3.05, 3.63) is 40.2 Å². The van der Waals surface area contributed by atoms with Gasteiger partial charge in [0, 0.05) is 24.1 Å². The molecule has 1 aliphatic rings. The van der Waals surface area contributed by atoms with Gasteiger partial charge >= 0.3 is 11.8 Å². The second-order valence-corrected chi connectivity index (χ2v) is 7.97. The molecule has 1 aliphatic carbocycles. The Morgan fingerprint density at radius 2 is 1.93 bits per heavy atom. The number of ether oxygens (including phenoxy) is 1. The van der Waals surface area contributed by atoms with Crippen LogP contribution in [0.25, 0.3) is 11.0 Å². The van der Waals surface area contributed by atoms with E-state index in [4.69, 9.17) is 13.7 Å². The smallest absolute Gasteiger partial charge is 0.417 e. The molecule has 3 rings (SSSR count). The van der Waals surface area contributed by atoms with E-state index in [9.17, 15) is 22.2 Å². The molecule has 1 saturated carbocycles. The minimum absolute atomic E-state index is 0.169. The SMILES string of the molecule is O=c1cc(C(F)(F)F)c2ccc(OCC3CCCCC3CCNS(=O)O)cc2o1. The quantitative estimate of drug-likeness (QED) is 0.507. The first-order valence-corrected chi connectivity index (χ1v) is 10.5. The van der Waals surface area contributed by atoms with Crippen LogP contribution in [0.2, 0.25) is 0 Å². The topological polar surface area (TPSA) is 88.8 Å². The summed E-state index contributed by atoms with van der Waals surface area (Å²) < 4.78 is 72.1. The van der Waals surface area contributed by atoms with Crippen LogP contribution in [0.15, 0.2) is 33.5 Å². The standard InChI is InChI=1S/C19H22F3NO5S/c20-19(21,22)16-10-18(24)28-17-9-14(5-6-15(16)17)27-11-13-4-2-1-3-12(13)7-8-23-29(25)26/h5-6,9-10,12-13,23H,1-4,7-8,11H2,(H,25,26). The van der Waals surface area contributed by atoms with Gasteiger partial charge in [0.15, 0.2) is 0 Å². The van der Waals surface area contributed by atoms with Gasteiger partial charge in [-0.3, -0.25) is 4.55 Å². The Morgan fingerprint density at radius 1 is 1.21 bits per heavy atom. The predicted molar refractivity (Wildman–Crippen MR) is 102 cm³/mol. The number of fused-ring (bicyclic) bond motifs is 1. The Labute approximate surface area is 167 Å². The molecule has 160 valence electrons. The molecule has 1 fully saturated rings. The van der Waals surface area contributed by atoms with Crippen molar-refractivity contribution in [2.75, 3.05) is 13.2 Å². The van der Waals surface area contributed by atoms with Gasteiger partial charge < -0.3 is 9.15 Å². The summed E-state index contributed by atoms with van der Waals surface area (Å²) in [6.45, 7) is 0.799. The molecule has 10 heteroatoms. The average Bonchev–Trinajstić information content (AvgIpc) is 2.65. The van der Waals surface area contributed by atoms with Crippen molar-refractivity contribution in [3.63, 3.8) is 0 Å². The van der Waals surface area contributed by atoms with Crippen molar-refractivity contribution in [1.29, 1.82) is 0 Å². The minimum Gasteiger partial charge on any atom is -0.493 e. The molecular weight excluding hydrogens is 411 g/mol. The normalized spacial score (nSPS) is 21.2. The Morgan fingerprint density at radius 3 is 2.62 bits per heavy atom. The molecule has 1 aromatic heterocycles. The fourth-order valence-electron chi connectivity index (χ4n) is 3.89. The molecule has 1 aromatic carbocycles. The molecule has 29 heavy (non-hydrogen) atoms. The van der Waals surface area contributed by atoms with E-state index >= 15 is 0 Å². The number of hydrogen-bond acceptors (Lipinski definition) is 4. The lowest BCUT2D eigenvalue weighted by Crippen LogP contribution is -2.29. The number of nitrogens with one attached hydrogen (secondary N) is 1. The second-order valence-electron chi connectivity index (χ2n) is 7.18. The number of alkyl halides is 3. The van der Waals surface area contributed by atoms with Crippen molar-refractivity contribution in [2.45, 2.75) is 38.3 Å². The van der Waals surface area contributed by atoms with Gasteiger partial charge in [-0.2, -0.15) is 13.2 Å². The van der Waals surface area contributed by atoms with Crippen LogP contribution in [-0.4, -0.2) is 21.9 Å². The van der Waals surface area contributed by atoms with E-state index in [1.165, 1.54) is 18.2 Å². The van der Waals surface area contributed by atoms with E-state index in [0.29, 0.717) is 30.9 Å². The number of benzene rings is 1. The highest BCUT2D eigenvalue weighted by molar-refractivity contribution is 7.77. The first kappa shape index (κ1) is 21.8. The van der Waals surface area contributed by atoms with Crippen LogP contribution in [0.5, 0.6) is 5.75 Å². The van der Waals surface area contributed by atoms with E-state index in [0.717, 1.165) is 32.1 Å². The first-order valence-electron chi connectivity index (χ1n) is 9.36. The molecule has 0 radical (unpaired) electrons. The third-order valence-corrected chi connectivity index (χ3v) is 5.74. The zero-order valence-electron chi connectivity index (χ0n) is 15.5. The van der Waals surface area contributed by atoms with Crippen molar-refractivity contribution in [3.8, 4) is 5.75 Å². The van der Waals surface area contributed by atoms with Gasteiger partial charge in [-0.1, -0.05) is 19.3 Å². The fourth-order valence-corrected chi connectivity index (χ4v) is 4.18. The lowest BCUT2D eigenvalue weighted by Gasteiger charge is -2.31. The van der Waals surface area contributed by atoms with Crippen LogP contribution in [-0.2, 0) is 17.4 Å². The highest BCUT2D eigenvalue weighted by Crippen LogP contribution is 2.36. The molecule has 0 amide bonds. The van der Waals surface area contributed by atoms with Gasteiger partial charge in [0.25, 0.3) is 0 Å². The summed E-state index contributed by atoms with van der Waals surface area (Å²) in [5.74, 6) is 0.899. The molecule has 0 saturated heterocycles. The summed E-state index contributed by atoms with van der Waals surface area (Å²) >= 11 is -2.04. The Balaban J connectivity index is 1.71. The van der Waals surface area contributed by atoms with Crippen LogP contribution in [0.3, 0.4) is 0 Å². The van der Waals surface area contributed by atoms with Gasteiger partial charge in [-0.25, -0.2) is 13.7 Å². The zero-order chi connectivity index (χ0) is 21.0. The predicted octanol–water partition coefficient (Wildman–Crippen LogP) is 4.11. The summed E-state index contributed by atoms with van der Waals surface area (Å²) in [6.07, 6.45) is 0.180. The Kier molecular flexibility index (Phi) is 6.97. The third kappa shape index (κ3) is 5.80. The van der Waals surface area contributed by atoms with E-state index in [2.05, 4.69) is 4.72 Å². The Bertz CT molecular complexity index is 930. The van der Waals surface area contributed by atoms with Crippen LogP contribution in [0, 0.1) is 11.8 Å². The molecule has 3 unspecified atom stereocenters. The second kappa shape index (κ2) is 9.27. The van der Waals surface area contributed by atoms with Crippen LogP contribution >= 0.6 is 0 Å². The molecule has 1 heterocycles. The summed E-state index contributed by atoms with van der Waals surface area (Å²) in [4.78, 5) is 11.5. The highest BCUT2D eigenvalue weighted by Gasteiger charge is 2.34. The highest BCUT2D eigenvalue weighted by atomic mass is 32.2. The molecule has 2 aromatic rings. The summed E-state index contributed by atoms with van der Waals surface area (Å²) in [6, 6.07) is 4.43. The molecule has 3 atom stereocenters. The molecular formula is C19H22F3NO5S. The van der Waals surface area contributed by atoms with Gasteiger partial charge in [-0.05, 0) is 36.8 Å². The molecule has 0 bridgehead atoms. The van der Waals surface area contributed by atoms with Crippen molar-refractivity contribution >= 4 is 22.2 Å². The third-order valence-electron chi connectivity index (χ3n) is 5.29. The maximum atomic E-state index is 13.1. The molecule has 0 aliphatic heterocycles. The monoisotopic (exact) mass is 433 g/mol. The fraction of sp³-hybridized carbons (Fsp3) is 0.526. The summed E-state index contributed by atoms with van der Waals surface area (Å²) in [5, 5.41) is -0.192. The van der Waals surface area contributed by atoms with Crippen molar-refractivity contribution < 1.29 is 31.1 Å². The number of halogens is 3. The Hall–Kier alpha value is -1.91. The van der Waals surface area contributed by atoms with Gasteiger partial charge in [0.2, 0.25) is 11.3 Å². The maximum Gasteiger partial charge on any atom is 0.417 e. The maximum absolute atomic E-state index is 13.1. The lowest BCUT2D eigenvalue weighted by molar-refractivity contribution is -0.136. The number of hydrogen-bond donors (Lipinski definition) is 2. The van der Waals surface area contributed by atoms with Crippen molar-refractivity contribution in [2.24, 2.45) is 11.8 Å². The van der Waals surface area contributed by atoms with Gasteiger partial charge in [0.1, 0.15) is 11.3 Å². The molecule has 2 N–H and O–H groups in total. The summed E-state index contributed by atoms with van der Waals surface area (Å²) in [5.41, 5.74) is -2.27. The largest absolute Gasteiger partial charge is 0.493 e. The zero-order valence-corrected chi connectivity index (χ0v) is 16.4. The van der Waals surface area contributed by atoms with Crippen LogP contribution < -0.4 is 15.1 Å². The van der Waals surface area contributed by atoms with E-state index < -0.39 is 28.6 Å². The average molecular weight is 433 g/mol. The van der Waals surface area contributed by atoms with Crippen LogP contribution in [0.4, 0.5) is 13.2 Å². The van der Waals surface area contributed by atoms with E-state index in [1.807, 2.05) is 0 Å². The summed E-state index contributed by atoms with van der Waals surface area (Å²) in [7, 11) is 0.